The zero-order valence-corrected chi connectivity index (χ0v) is 19.0. The van der Waals surface area contributed by atoms with Crippen LogP contribution < -0.4 is 11.1 Å². The molecule has 3 N–H and O–H groups in total. The molecule has 0 radical (unpaired) electrons. The van der Waals surface area contributed by atoms with E-state index in [1.54, 1.807) is 11.3 Å². The van der Waals surface area contributed by atoms with E-state index in [2.05, 4.69) is 41.3 Å². The van der Waals surface area contributed by atoms with Crippen LogP contribution in [0.15, 0.2) is 35.5 Å². The molecule has 1 aliphatic heterocycles. The van der Waals surface area contributed by atoms with Crippen LogP contribution in [0.5, 0.6) is 0 Å². The summed E-state index contributed by atoms with van der Waals surface area (Å²) in [7, 11) is 0. The molecule has 0 spiro atoms. The van der Waals surface area contributed by atoms with Gasteiger partial charge in [-0.3, -0.25) is 4.79 Å². The van der Waals surface area contributed by atoms with E-state index in [1.807, 2.05) is 25.1 Å². The van der Waals surface area contributed by atoms with E-state index in [9.17, 15) is 4.79 Å². The van der Waals surface area contributed by atoms with Crippen LogP contribution in [-0.4, -0.2) is 33.3 Å². The van der Waals surface area contributed by atoms with Gasteiger partial charge in [0, 0.05) is 17.3 Å². The first-order valence-electron chi connectivity index (χ1n) is 9.98. The molecule has 6 nitrogen and oxygen atoms in total. The van der Waals surface area contributed by atoms with Gasteiger partial charge in [-0.1, -0.05) is 42.1 Å². The van der Waals surface area contributed by atoms with E-state index in [-0.39, 0.29) is 23.3 Å². The van der Waals surface area contributed by atoms with E-state index < -0.39 is 0 Å². The number of benzene rings is 1. The lowest BCUT2D eigenvalue weighted by Gasteiger charge is -2.30. The van der Waals surface area contributed by atoms with Crippen LogP contribution in [0.1, 0.15) is 36.8 Å². The molecule has 2 aromatic heterocycles. The van der Waals surface area contributed by atoms with Crippen molar-refractivity contribution in [2.75, 3.05) is 11.5 Å². The number of nitrogens with one attached hydrogen (secondary N) is 1. The molecule has 0 bridgehead atoms. The van der Waals surface area contributed by atoms with E-state index in [1.165, 1.54) is 27.8 Å². The molecule has 1 amide bonds. The molecule has 1 aromatic carbocycles. The number of nitrogens with zero attached hydrogens (tertiary/aromatic N) is 2. The molecule has 1 atom stereocenters. The van der Waals surface area contributed by atoms with Gasteiger partial charge in [0.1, 0.15) is 10.6 Å². The molecule has 3 aromatic rings. The third-order valence-corrected chi connectivity index (χ3v) is 7.01. The molecule has 3 heterocycles. The van der Waals surface area contributed by atoms with Crippen molar-refractivity contribution in [2.24, 2.45) is 0 Å². The SMILES string of the molecule is C[C@@H](Cc1ccccc1)NC(=O)CSc1nc(N)c2c3c(sc2n1)COC(C)(C)C3. The molecule has 0 aliphatic carbocycles. The van der Waals surface area contributed by atoms with Gasteiger partial charge in [-0.2, -0.15) is 0 Å². The number of thioether (sulfide) groups is 1. The van der Waals surface area contributed by atoms with Crippen molar-refractivity contribution < 1.29 is 9.53 Å². The average molecular weight is 443 g/mol. The number of nitrogens with two attached hydrogens (primary N) is 1. The normalized spacial score (nSPS) is 16.2. The van der Waals surface area contributed by atoms with Crippen LogP contribution >= 0.6 is 23.1 Å². The van der Waals surface area contributed by atoms with E-state index in [4.69, 9.17) is 10.5 Å². The van der Waals surface area contributed by atoms with E-state index >= 15 is 0 Å². The van der Waals surface area contributed by atoms with Crippen molar-refractivity contribution in [1.82, 2.24) is 15.3 Å². The molecule has 4 rings (SSSR count). The number of hydrogen-bond acceptors (Lipinski definition) is 7. The van der Waals surface area contributed by atoms with Crippen LogP contribution in [0.25, 0.3) is 10.2 Å². The lowest BCUT2D eigenvalue weighted by Crippen LogP contribution is -2.35. The van der Waals surface area contributed by atoms with Crippen molar-refractivity contribution in [3.8, 4) is 0 Å². The van der Waals surface area contributed by atoms with E-state index in [0.717, 1.165) is 23.1 Å². The highest BCUT2D eigenvalue weighted by Crippen LogP contribution is 2.40. The summed E-state index contributed by atoms with van der Waals surface area (Å²) in [5.74, 6) is 0.701. The van der Waals surface area contributed by atoms with Gasteiger partial charge in [-0.05, 0) is 38.3 Å². The number of fused-ring (bicyclic) bond motifs is 3. The Kier molecular flexibility index (Phi) is 5.99. The fourth-order valence-corrected chi connectivity index (χ4v) is 5.51. The second-order valence-electron chi connectivity index (χ2n) is 8.25. The van der Waals surface area contributed by atoms with Crippen LogP contribution in [0, 0.1) is 0 Å². The van der Waals surface area contributed by atoms with Crippen LogP contribution in [0.3, 0.4) is 0 Å². The third-order valence-electron chi connectivity index (χ3n) is 5.06. The van der Waals surface area contributed by atoms with Gasteiger partial charge in [0.05, 0.1) is 23.3 Å². The summed E-state index contributed by atoms with van der Waals surface area (Å²) in [6, 6.07) is 10.2. The summed E-state index contributed by atoms with van der Waals surface area (Å²) in [5.41, 5.74) is 8.48. The number of amides is 1. The lowest BCUT2D eigenvalue weighted by molar-refractivity contribution is -0.119. The molecular weight excluding hydrogens is 416 g/mol. The lowest BCUT2D eigenvalue weighted by atomic mass is 9.94. The quantitative estimate of drug-likeness (QED) is 0.444. The zero-order valence-electron chi connectivity index (χ0n) is 17.4. The minimum atomic E-state index is -0.213. The molecule has 158 valence electrons. The predicted octanol–water partition coefficient (Wildman–Crippen LogP) is 3.96. The second-order valence-corrected chi connectivity index (χ2v) is 10.3. The maximum Gasteiger partial charge on any atom is 0.230 e. The standard InChI is InChI=1S/C22H26N4O2S2/c1-13(9-14-7-5-4-6-8-14)24-17(27)12-29-21-25-19(23)18-15-10-22(2,3)28-11-16(15)30-20(18)26-21/h4-8,13H,9-12H2,1-3H3,(H,24,27)(H2,23,25,26)/t13-/m0/s1. The van der Waals surface area contributed by atoms with Crippen molar-refractivity contribution in [1.29, 1.82) is 0 Å². The predicted molar refractivity (Wildman–Crippen MR) is 123 cm³/mol. The van der Waals surface area contributed by atoms with Crippen LogP contribution in [0.2, 0.25) is 0 Å². The maximum atomic E-state index is 12.4. The summed E-state index contributed by atoms with van der Waals surface area (Å²) >= 11 is 2.92. The summed E-state index contributed by atoms with van der Waals surface area (Å²) in [4.78, 5) is 23.5. The van der Waals surface area contributed by atoms with Gasteiger partial charge in [-0.15, -0.1) is 11.3 Å². The van der Waals surface area contributed by atoms with Gasteiger partial charge in [0.2, 0.25) is 5.91 Å². The smallest absolute Gasteiger partial charge is 0.230 e. The molecule has 0 fully saturated rings. The minimum absolute atomic E-state index is 0.0358. The Morgan fingerprint density at radius 3 is 2.87 bits per heavy atom. The zero-order chi connectivity index (χ0) is 21.3. The first-order chi connectivity index (χ1) is 14.3. The van der Waals surface area contributed by atoms with Crippen LogP contribution in [0.4, 0.5) is 5.82 Å². The molecule has 30 heavy (non-hydrogen) atoms. The molecule has 0 saturated carbocycles. The number of thiophene rings is 1. The molecule has 0 saturated heterocycles. The van der Waals surface area contributed by atoms with Gasteiger partial charge < -0.3 is 15.8 Å². The monoisotopic (exact) mass is 442 g/mol. The largest absolute Gasteiger partial charge is 0.383 e. The highest BCUT2D eigenvalue weighted by molar-refractivity contribution is 7.99. The fraction of sp³-hybridized carbons (Fsp3) is 0.409. The Labute approximate surface area is 184 Å². The minimum Gasteiger partial charge on any atom is -0.383 e. The van der Waals surface area contributed by atoms with Gasteiger partial charge >= 0.3 is 0 Å². The first-order valence-corrected chi connectivity index (χ1v) is 11.8. The Morgan fingerprint density at radius 1 is 1.33 bits per heavy atom. The Bertz CT molecular complexity index is 1070. The molecular formula is C22H26N4O2S2. The van der Waals surface area contributed by atoms with Gasteiger partial charge in [0.25, 0.3) is 0 Å². The maximum absolute atomic E-state index is 12.4. The molecule has 8 heteroatoms. The second kappa shape index (κ2) is 8.53. The summed E-state index contributed by atoms with van der Waals surface area (Å²) in [6.45, 7) is 6.75. The first kappa shape index (κ1) is 21.1. The fourth-order valence-electron chi connectivity index (χ4n) is 3.68. The summed E-state index contributed by atoms with van der Waals surface area (Å²) < 4.78 is 5.91. The summed E-state index contributed by atoms with van der Waals surface area (Å²) in [5, 5.41) is 4.51. The molecule has 0 unspecified atom stereocenters. The van der Waals surface area contributed by atoms with Crippen molar-refractivity contribution in [3.63, 3.8) is 0 Å². The number of hydrogen-bond donors (Lipinski definition) is 2. The Morgan fingerprint density at radius 2 is 2.10 bits per heavy atom. The summed E-state index contributed by atoms with van der Waals surface area (Å²) in [6.07, 6.45) is 1.59. The number of carbonyl (C=O) groups excluding carboxylic acids is 1. The van der Waals surface area contributed by atoms with Crippen LogP contribution in [-0.2, 0) is 29.0 Å². The Hall–Kier alpha value is -2.16. The van der Waals surface area contributed by atoms with Crippen molar-refractivity contribution >= 4 is 45.0 Å². The number of rotatable bonds is 6. The van der Waals surface area contributed by atoms with E-state index in [0.29, 0.717) is 17.6 Å². The Balaban J connectivity index is 1.40. The number of ether oxygens (including phenoxy) is 1. The van der Waals surface area contributed by atoms with Gasteiger partial charge in [-0.25, -0.2) is 9.97 Å². The number of nitrogen functional groups attached to an aromatic ring is 1. The average Bonchev–Trinajstić information content (AvgIpc) is 3.04. The number of carbonyl (C=O) groups is 1. The number of anilines is 1. The topological polar surface area (TPSA) is 90.1 Å². The van der Waals surface area contributed by atoms with Crippen molar-refractivity contribution in [2.45, 2.75) is 57.0 Å². The molecule has 1 aliphatic rings. The number of aromatic nitrogens is 2. The van der Waals surface area contributed by atoms with Crippen molar-refractivity contribution in [3.05, 3.63) is 46.3 Å². The third kappa shape index (κ3) is 4.77. The van der Waals surface area contributed by atoms with Gasteiger partial charge in [0.15, 0.2) is 5.16 Å². The highest BCUT2D eigenvalue weighted by Gasteiger charge is 2.30. The highest BCUT2D eigenvalue weighted by atomic mass is 32.2.